The number of nitrogens with zero attached hydrogens (tertiary/aromatic N) is 2. The van der Waals surface area contributed by atoms with Crippen LogP contribution in [0.5, 0.6) is 0 Å². The van der Waals surface area contributed by atoms with Gasteiger partial charge in [-0.15, -0.1) is 0 Å². The largest absolute Gasteiger partial charge is 0.324 e. The lowest BCUT2D eigenvalue weighted by molar-refractivity contribution is 0.796. The molecule has 0 radical (unpaired) electrons. The van der Waals surface area contributed by atoms with Crippen LogP contribution >= 0.6 is 0 Å². The second-order valence-electron chi connectivity index (χ2n) is 12.6. The summed E-state index contributed by atoms with van der Waals surface area (Å²) in [6, 6.07) is 63.6. The molecule has 8 aromatic carbocycles. The maximum atomic E-state index is 5.08. The summed E-state index contributed by atoms with van der Waals surface area (Å²) < 4.78 is 2.30. The Morgan fingerprint density at radius 3 is 1.41 bits per heavy atom. The molecule has 0 fully saturated rings. The van der Waals surface area contributed by atoms with Crippen molar-refractivity contribution in [3.63, 3.8) is 0 Å². The SMILES string of the molecule is CCn1c(-c2ccccc2)nc2cc(-c3ccc(-c4ccc5c(-c6ccccc6)c6ccccc6c(-c6ccccc6)c5c4)cc3)ccc21. The first-order valence-electron chi connectivity index (χ1n) is 17.0. The number of imidazole rings is 1. The van der Waals surface area contributed by atoms with Crippen LogP contribution in [0.4, 0.5) is 0 Å². The molecule has 2 nitrogen and oxygen atoms in total. The van der Waals surface area contributed by atoms with E-state index in [4.69, 9.17) is 4.98 Å². The second-order valence-corrected chi connectivity index (χ2v) is 12.6. The Kier molecular flexibility index (Phi) is 7.13. The second kappa shape index (κ2) is 12.1. The molecule has 0 saturated heterocycles. The molecular weight excluding hydrogens is 593 g/mol. The number of rotatable bonds is 6. The highest BCUT2D eigenvalue weighted by atomic mass is 15.1. The maximum absolute atomic E-state index is 5.08. The topological polar surface area (TPSA) is 17.8 Å². The van der Waals surface area contributed by atoms with E-state index in [1.807, 2.05) is 6.07 Å². The van der Waals surface area contributed by atoms with Crippen LogP contribution in [0.3, 0.4) is 0 Å². The van der Waals surface area contributed by atoms with Crippen LogP contribution in [0.1, 0.15) is 6.92 Å². The van der Waals surface area contributed by atoms with Crippen LogP contribution in [0, 0.1) is 0 Å². The average Bonchev–Trinajstić information content (AvgIpc) is 3.56. The van der Waals surface area contributed by atoms with E-state index in [0.29, 0.717) is 0 Å². The Bertz CT molecular complexity index is 2600. The van der Waals surface area contributed by atoms with Crippen LogP contribution in [-0.2, 0) is 6.54 Å². The van der Waals surface area contributed by atoms with Gasteiger partial charge in [0.25, 0.3) is 0 Å². The number of hydrogen-bond acceptors (Lipinski definition) is 1. The van der Waals surface area contributed by atoms with Crippen molar-refractivity contribution in [3.05, 3.63) is 176 Å². The van der Waals surface area contributed by atoms with Gasteiger partial charge in [0, 0.05) is 12.1 Å². The molecule has 9 aromatic rings. The summed E-state index contributed by atoms with van der Waals surface area (Å²) in [4.78, 5) is 5.08. The number of aromatic nitrogens is 2. The van der Waals surface area contributed by atoms with E-state index >= 15 is 0 Å². The van der Waals surface area contributed by atoms with Gasteiger partial charge < -0.3 is 4.57 Å². The number of aryl methyl sites for hydroxylation is 1. The Morgan fingerprint density at radius 2 is 0.837 bits per heavy atom. The lowest BCUT2D eigenvalue weighted by Gasteiger charge is -2.18. The Morgan fingerprint density at radius 1 is 0.388 bits per heavy atom. The Hall–Kier alpha value is -6.25. The fourth-order valence-electron chi connectivity index (χ4n) is 7.48. The number of benzene rings is 8. The molecule has 0 N–H and O–H groups in total. The monoisotopic (exact) mass is 626 g/mol. The van der Waals surface area contributed by atoms with Gasteiger partial charge in [-0.2, -0.15) is 0 Å². The van der Waals surface area contributed by atoms with Crippen molar-refractivity contribution in [3.8, 4) is 55.9 Å². The van der Waals surface area contributed by atoms with Crippen molar-refractivity contribution < 1.29 is 0 Å². The summed E-state index contributed by atoms with van der Waals surface area (Å²) in [7, 11) is 0. The minimum absolute atomic E-state index is 0.870. The molecule has 0 aliphatic heterocycles. The van der Waals surface area contributed by atoms with E-state index < -0.39 is 0 Å². The molecule has 0 spiro atoms. The van der Waals surface area contributed by atoms with Gasteiger partial charge in [-0.1, -0.05) is 158 Å². The summed E-state index contributed by atoms with van der Waals surface area (Å²) >= 11 is 0. The van der Waals surface area contributed by atoms with Gasteiger partial charge in [-0.25, -0.2) is 4.98 Å². The van der Waals surface area contributed by atoms with Crippen LogP contribution in [0.15, 0.2) is 176 Å². The summed E-state index contributed by atoms with van der Waals surface area (Å²) in [5.74, 6) is 1.01. The molecule has 0 atom stereocenters. The third kappa shape index (κ3) is 5.01. The fraction of sp³-hybridized carbons (Fsp3) is 0.0426. The standard InChI is InChI=1S/C47H34N2/c1-2-49-44-29-27-38(31-43(44)48-47(49)36-18-10-5-11-19-36)33-24-22-32(23-25-33)37-26-28-41-42(30-37)46(35-16-8-4-9-17-35)40-21-13-12-20-39(40)45(41)34-14-6-3-7-15-34/h3-31H,2H2,1H3. The molecule has 1 heterocycles. The van der Waals surface area contributed by atoms with Crippen molar-refractivity contribution in [2.45, 2.75) is 13.5 Å². The molecule has 232 valence electrons. The Balaban J connectivity index is 1.16. The molecule has 2 heteroatoms. The van der Waals surface area contributed by atoms with E-state index in [1.54, 1.807) is 0 Å². The molecular formula is C47H34N2. The van der Waals surface area contributed by atoms with Gasteiger partial charge in [0.2, 0.25) is 0 Å². The molecule has 0 unspecified atom stereocenters. The fourth-order valence-corrected chi connectivity index (χ4v) is 7.48. The summed E-state index contributed by atoms with van der Waals surface area (Å²) in [6.07, 6.45) is 0. The van der Waals surface area contributed by atoms with Crippen molar-refractivity contribution >= 4 is 32.6 Å². The van der Waals surface area contributed by atoms with Crippen molar-refractivity contribution in [1.82, 2.24) is 9.55 Å². The molecule has 0 aliphatic rings. The van der Waals surface area contributed by atoms with Gasteiger partial charge in [0.1, 0.15) is 5.82 Å². The zero-order valence-corrected chi connectivity index (χ0v) is 27.3. The highest BCUT2D eigenvalue weighted by Crippen LogP contribution is 2.44. The molecule has 0 aliphatic carbocycles. The van der Waals surface area contributed by atoms with Crippen LogP contribution in [0.2, 0.25) is 0 Å². The maximum Gasteiger partial charge on any atom is 0.141 e. The van der Waals surface area contributed by atoms with E-state index in [9.17, 15) is 0 Å². The minimum Gasteiger partial charge on any atom is -0.324 e. The summed E-state index contributed by atoms with van der Waals surface area (Å²) in [5, 5.41) is 5.06. The molecule has 0 bridgehead atoms. The quantitative estimate of drug-likeness (QED) is 0.168. The van der Waals surface area contributed by atoms with E-state index in [-0.39, 0.29) is 0 Å². The highest BCUT2D eigenvalue weighted by Gasteiger charge is 2.18. The zero-order valence-electron chi connectivity index (χ0n) is 27.3. The molecule has 1 aromatic heterocycles. The van der Waals surface area contributed by atoms with Gasteiger partial charge in [-0.05, 0) is 91.2 Å². The molecule has 0 saturated carbocycles. The minimum atomic E-state index is 0.870. The first-order valence-corrected chi connectivity index (χ1v) is 17.0. The lowest BCUT2D eigenvalue weighted by atomic mass is 9.85. The first-order chi connectivity index (χ1) is 24.3. The van der Waals surface area contributed by atoms with Gasteiger partial charge in [-0.3, -0.25) is 0 Å². The van der Waals surface area contributed by atoms with Crippen molar-refractivity contribution in [2.24, 2.45) is 0 Å². The highest BCUT2D eigenvalue weighted by molar-refractivity contribution is 6.22. The van der Waals surface area contributed by atoms with Gasteiger partial charge >= 0.3 is 0 Å². The van der Waals surface area contributed by atoms with E-state index in [1.165, 1.54) is 66.1 Å². The number of fused-ring (bicyclic) bond motifs is 3. The molecule has 9 rings (SSSR count). The predicted octanol–water partition coefficient (Wildman–Crippen LogP) is 12.7. The van der Waals surface area contributed by atoms with Crippen molar-refractivity contribution in [1.29, 1.82) is 0 Å². The first kappa shape index (κ1) is 28.9. The predicted molar refractivity (Wildman–Crippen MR) is 208 cm³/mol. The molecule has 0 amide bonds. The van der Waals surface area contributed by atoms with Crippen LogP contribution < -0.4 is 0 Å². The van der Waals surface area contributed by atoms with Gasteiger partial charge in [0.05, 0.1) is 11.0 Å². The smallest absolute Gasteiger partial charge is 0.141 e. The van der Waals surface area contributed by atoms with Crippen LogP contribution in [-0.4, -0.2) is 9.55 Å². The summed E-state index contributed by atoms with van der Waals surface area (Å²) in [6.45, 7) is 3.05. The zero-order chi connectivity index (χ0) is 32.7. The van der Waals surface area contributed by atoms with Crippen molar-refractivity contribution in [2.75, 3.05) is 0 Å². The molecule has 49 heavy (non-hydrogen) atoms. The van der Waals surface area contributed by atoms with Gasteiger partial charge in [0.15, 0.2) is 0 Å². The normalized spacial score (nSPS) is 11.4. The summed E-state index contributed by atoms with van der Waals surface area (Å²) in [5.41, 5.74) is 13.1. The average molecular weight is 627 g/mol. The van der Waals surface area contributed by atoms with Crippen LogP contribution in [0.25, 0.3) is 88.5 Å². The third-order valence-corrected chi connectivity index (χ3v) is 9.80. The third-order valence-electron chi connectivity index (χ3n) is 9.80. The van der Waals surface area contributed by atoms with E-state index in [0.717, 1.165) is 29.0 Å². The Labute approximate surface area is 286 Å². The lowest BCUT2D eigenvalue weighted by Crippen LogP contribution is -1.97. The number of hydrogen-bond donors (Lipinski definition) is 0. The van der Waals surface area contributed by atoms with E-state index in [2.05, 4.69) is 181 Å².